The third kappa shape index (κ3) is 2.19. The lowest BCUT2D eigenvalue weighted by Gasteiger charge is -2.04. The average molecular weight is 216 g/mol. The summed E-state index contributed by atoms with van der Waals surface area (Å²) in [6, 6.07) is 9.40. The van der Waals surface area contributed by atoms with Gasteiger partial charge < -0.3 is 4.74 Å². The van der Waals surface area contributed by atoms with Crippen molar-refractivity contribution in [3.63, 3.8) is 0 Å². The van der Waals surface area contributed by atoms with E-state index in [9.17, 15) is 9.59 Å². The number of allylic oxidation sites excluding steroid dienone is 1. The molecule has 0 bridgehead atoms. The van der Waals surface area contributed by atoms with Gasteiger partial charge in [0.1, 0.15) is 6.10 Å². The Balaban J connectivity index is 2.22. The minimum absolute atomic E-state index is 0.0254. The summed E-state index contributed by atoms with van der Waals surface area (Å²) in [5.74, 6) is -0.333. The van der Waals surface area contributed by atoms with Gasteiger partial charge in [-0.3, -0.25) is 9.59 Å². The van der Waals surface area contributed by atoms with Gasteiger partial charge in [-0.25, -0.2) is 0 Å². The van der Waals surface area contributed by atoms with Gasteiger partial charge in [-0.1, -0.05) is 30.3 Å². The molecule has 0 spiro atoms. The second-order valence-electron chi connectivity index (χ2n) is 3.72. The van der Waals surface area contributed by atoms with E-state index < -0.39 is 6.10 Å². The van der Waals surface area contributed by atoms with Crippen LogP contribution >= 0.6 is 0 Å². The molecule has 3 nitrogen and oxygen atoms in total. The molecular formula is C13H12O3. The summed E-state index contributed by atoms with van der Waals surface area (Å²) in [7, 11) is 0. The molecule has 2 rings (SSSR count). The largest absolute Gasteiger partial charge is 0.458 e. The standard InChI is InChI=1S/C13H12O3/c1-9(14)16-11-7-12(13(15)8-11)10-5-3-2-4-6-10/h2-7,11H,8H2,1H3/t11-/m0/s1. The van der Waals surface area contributed by atoms with Crippen LogP contribution in [-0.2, 0) is 14.3 Å². The predicted octanol–water partition coefficient (Wildman–Crippen LogP) is 1.97. The Bertz CT molecular complexity index is 446. The summed E-state index contributed by atoms with van der Waals surface area (Å²) in [6.07, 6.45) is 1.57. The number of esters is 1. The van der Waals surface area contributed by atoms with E-state index in [-0.39, 0.29) is 18.2 Å². The first-order chi connectivity index (χ1) is 7.66. The van der Waals surface area contributed by atoms with Crippen LogP contribution in [0.5, 0.6) is 0 Å². The van der Waals surface area contributed by atoms with Crippen LogP contribution in [0.25, 0.3) is 5.57 Å². The van der Waals surface area contributed by atoms with Gasteiger partial charge in [-0.15, -0.1) is 0 Å². The molecule has 0 amide bonds. The maximum Gasteiger partial charge on any atom is 0.303 e. The maximum absolute atomic E-state index is 11.7. The van der Waals surface area contributed by atoms with E-state index in [1.807, 2.05) is 30.3 Å². The van der Waals surface area contributed by atoms with Gasteiger partial charge in [0.05, 0.1) is 6.42 Å². The number of carbonyl (C=O) groups excluding carboxylic acids is 2. The highest BCUT2D eigenvalue weighted by Gasteiger charge is 2.26. The molecule has 0 saturated heterocycles. The molecule has 0 N–H and O–H groups in total. The van der Waals surface area contributed by atoms with Gasteiger partial charge in [0.25, 0.3) is 0 Å². The number of ketones is 1. The number of ether oxygens (including phenoxy) is 1. The number of Topliss-reactive ketones (excluding diaryl/α,β-unsaturated/α-hetero) is 1. The van der Waals surface area contributed by atoms with Crippen LogP contribution in [0.3, 0.4) is 0 Å². The van der Waals surface area contributed by atoms with Crippen molar-refractivity contribution in [2.45, 2.75) is 19.4 Å². The Morgan fingerprint density at radius 2 is 2.00 bits per heavy atom. The van der Waals surface area contributed by atoms with E-state index in [4.69, 9.17) is 4.74 Å². The Morgan fingerprint density at radius 3 is 2.62 bits per heavy atom. The van der Waals surface area contributed by atoms with Crippen LogP contribution in [0.1, 0.15) is 18.9 Å². The summed E-state index contributed by atoms with van der Waals surface area (Å²) < 4.78 is 5.00. The third-order valence-corrected chi connectivity index (χ3v) is 2.44. The Hall–Kier alpha value is -1.90. The Labute approximate surface area is 93.7 Å². The van der Waals surface area contributed by atoms with Gasteiger partial charge >= 0.3 is 5.97 Å². The fourth-order valence-corrected chi connectivity index (χ4v) is 1.79. The lowest BCUT2D eigenvalue weighted by atomic mass is 10.1. The first-order valence-electron chi connectivity index (χ1n) is 5.14. The molecule has 0 aliphatic heterocycles. The van der Waals surface area contributed by atoms with E-state index in [1.165, 1.54) is 6.92 Å². The molecule has 0 fully saturated rings. The molecule has 82 valence electrons. The first kappa shape index (κ1) is 10.6. The van der Waals surface area contributed by atoms with Crippen LogP contribution in [0.4, 0.5) is 0 Å². The molecule has 1 aliphatic rings. The second kappa shape index (κ2) is 4.31. The number of hydrogen-bond donors (Lipinski definition) is 0. The number of benzene rings is 1. The van der Waals surface area contributed by atoms with Crippen LogP contribution in [-0.4, -0.2) is 17.9 Å². The molecule has 16 heavy (non-hydrogen) atoms. The van der Waals surface area contributed by atoms with Crippen LogP contribution in [0.15, 0.2) is 36.4 Å². The van der Waals surface area contributed by atoms with E-state index in [0.717, 1.165) is 5.56 Å². The minimum Gasteiger partial charge on any atom is -0.458 e. The Morgan fingerprint density at radius 1 is 1.31 bits per heavy atom. The van der Waals surface area contributed by atoms with Gasteiger partial charge in [-0.05, 0) is 11.6 Å². The topological polar surface area (TPSA) is 43.4 Å². The molecule has 0 heterocycles. The zero-order chi connectivity index (χ0) is 11.5. The van der Waals surface area contributed by atoms with Crippen LogP contribution < -0.4 is 0 Å². The number of carbonyl (C=O) groups is 2. The van der Waals surface area contributed by atoms with Crippen molar-refractivity contribution >= 4 is 17.3 Å². The van der Waals surface area contributed by atoms with Crippen molar-refractivity contribution in [2.75, 3.05) is 0 Å². The molecule has 0 saturated carbocycles. The molecule has 3 heteroatoms. The van der Waals surface area contributed by atoms with E-state index >= 15 is 0 Å². The summed E-state index contributed by atoms with van der Waals surface area (Å²) in [5.41, 5.74) is 1.52. The van der Waals surface area contributed by atoms with Crippen molar-refractivity contribution < 1.29 is 14.3 Å². The molecule has 1 aliphatic carbocycles. The molecule has 1 aromatic carbocycles. The SMILES string of the molecule is CC(=O)O[C@H]1C=C(c2ccccc2)C(=O)C1. The summed E-state index contributed by atoms with van der Waals surface area (Å²) in [4.78, 5) is 22.5. The Kier molecular flexibility index (Phi) is 2.86. The van der Waals surface area contributed by atoms with Crippen molar-refractivity contribution in [3.8, 4) is 0 Å². The van der Waals surface area contributed by atoms with Crippen LogP contribution in [0.2, 0.25) is 0 Å². The summed E-state index contributed by atoms with van der Waals surface area (Å²) >= 11 is 0. The van der Waals surface area contributed by atoms with Gasteiger partial charge in [0, 0.05) is 12.5 Å². The highest BCUT2D eigenvalue weighted by atomic mass is 16.5. The zero-order valence-corrected chi connectivity index (χ0v) is 8.97. The van der Waals surface area contributed by atoms with E-state index in [0.29, 0.717) is 5.57 Å². The third-order valence-electron chi connectivity index (χ3n) is 2.44. The average Bonchev–Trinajstić information content (AvgIpc) is 2.60. The van der Waals surface area contributed by atoms with Crippen molar-refractivity contribution in [2.24, 2.45) is 0 Å². The molecule has 0 unspecified atom stereocenters. The molecule has 0 radical (unpaired) electrons. The highest BCUT2D eigenvalue weighted by molar-refractivity contribution is 6.23. The second-order valence-corrected chi connectivity index (χ2v) is 3.72. The normalized spacial score (nSPS) is 19.4. The first-order valence-corrected chi connectivity index (χ1v) is 5.14. The molecule has 1 atom stereocenters. The molecule has 0 aromatic heterocycles. The molecule has 1 aromatic rings. The van der Waals surface area contributed by atoms with Gasteiger partial charge in [-0.2, -0.15) is 0 Å². The fraction of sp³-hybridized carbons (Fsp3) is 0.231. The van der Waals surface area contributed by atoms with Crippen molar-refractivity contribution in [1.29, 1.82) is 0 Å². The number of rotatable bonds is 2. The van der Waals surface area contributed by atoms with Crippen molar-refractivity contribution in [3.05, 3.63) is 42.0 Å². The smallest absolute Gasteiger partial charge is 0.303 e. The van der Waals surface area contributed by atoms with Gasteiger partial charge in [0.15, 0.2) is 5.78 Å². The summed E-state index contributed by atoms with van der Waals surface area (Å²) in [5, 5.41) is 0. The highest BCUT2D eigenvalue weighted by Crippen LogP contribution is 2.26. The quantitative estimate of drug-likeness (QED) is 0.710. The van der Waals surface area contributed by atoms with Crippen molar-refractivity contribution in [1.82, 2.24) is 0 Å². The lowest BCUT2D eigenvalue weighted by molar-refractivity contribution is -0.144. The van der Waals surface area contributed by atoms with E-state index in [1.54, 1.807) is 6.08 Å². The fourth-order valence-electron chi connectivity index (χ4n) is 1.79. The predicted molar refractivity (Wildman–Crippen MR) is 59.6 cm³/mol. The number of hydrogen-bond acceptors (Lipinski definition) is 3. The maximum atomic E-state index is 11.7. The van der Waals surface area contributed by atoms with E-state index in [2.05, 4.69) is 0 Å². The van der Waals surface area contributed by atoms with Gasteiger partial charge in [0.2, 0.25) is 0 Å². The van der Waals surface area contributed by atoms with Crippen LogP contribution in [0, 0.1) is 0 Å². The zero-order valence-electron chi connectivity index (χ0n) is 8.97. The monoisotopic (exact) mass is 216 g/mol. The minimum atomic E-state index is -0.403. The lowest BCUT2D eigenvalue weighted by Crippen LogP contribution is -2.12. The molecular weight excluding hydrogens is 204 g/mol. The summed E-state index contributed by atoms with van der Waals surface area (Å²) in [6.45, 7) is 1.35.